The molecule has 0 unspecified atom stereocenters. The summed E-state index contributed by atoms with van der Waals surface area (Å²) in [5, 5.41) is 4.06. The summed E-state index contributed by atoms with van der Waals surface area (Å²) in [4.78, 5) is 18.7. The molecule has 1 heterocycles. The molecule has 0 aliphatic rings. The van der Waals surface area contributed by atoms with Crippen LogP contribution >= 0.6 is 0 Å². The van der Waals surface area contributed by atoms with E-state index in [1.165, 1.54) is 5.56 Å². The number of carbonyl (C=O) groups is 1. The maximum atomic E-state index is 12.5. The van der Waals surface area contributed by atoms with Gasteiger partial charge >= 0.3 is 0 Å². The number of nitrogens with zero attached hydrogens (tertiary/aromatic N) is 2. The van der Waals surface area contributed by atoms with Crippen molar-refractivity contribution in [1.29, 1.82) is 0 Å². The normalized spacial score (nSPS) is 10.8. The van der Waals surface area contributed by atoms with Gasteiger partial charge in [-0.15, -0.1) is 0 Å². The molecule has 0 saturated carbocycles. The van der Waals surface area contributed by atoms with E-state index in [0.29, 0.717) is 12.1 Å². The number of hydrogen-bond acceptors (Lipinski definition) is 3. The SMILES string of the molecule is CNCCN(C)C(=O)c1cc2cc(C)ccc2nc1C. The first-order valence-electron chi connectivity index (χ1n) is 6.81. The quantitative estimate of drug-likeness (QED) is 0.926. The van der Waals surface area contributed by atoms with Gasteiger partial charge in [0.15, 0.2) is 0 Å². The number of hydrogen-bond donors (Lipinski definition) is 1. The van der Waals surface area contributed by atoms with Crippen LogP contribution < -0.4 is 5.32 Å². The van der Waals surface area contributed by atoms with E-state index in [4.69, 9.17) is 0 Å². The lowest BCUT2D eigenvalue weighted by molar-refractivity contribution is 0.0796. The molecule has 1 amide bonds. The second kappa shape index (κ2) is 6.01. The van der Waals surface area contributed by atoms with Crippen molar-refractivity contribution in [2.45, 2.75) is 13.8 Å². The summed E-state index contributed by atoms with van der Waals surface area (Å²) in [5.74, 6) is 0.0219. The molecule has 106 valence electrons. The third-order valence-electron chi connectivity index (χ3n) is 3.44. The Morgan fingerprint density at radius 2 is 2.05 bits per heavy atom. The van der Waals surface area contributed by atoms with Gasteiger partial charge in [-0.1, -0.05) is 11.6 Å². The van der Waals surface area contributed by atoms with Gasteiger partial charge in [0, 0.05) is 25.5 Å². The summed E-state index contributed by atoms with van der Waals surface area (Å²) >= 11 is 0. The Labute approximate surface area is 119 Å². The van der Waals surface area contributed by atoms with E-state index in [9.17, 15) is 4.79 Å². The van der Waals surface area contributed by atoms with Gasteiger partial charge in [0.05, 0.1) is 16.8 Å². The van der Waals surface area contributed by atoms with Gasteiger partial charge in [-0.05, 0) is 39.1 Å². The zero-order valence-electron chi connectivity index (χ0n) is 12.5. The van der Waals surface area contributed by atoms with Crippen LogP contribution in [0.25, 0.3) is 10.9 Å². The third kappa shape index (κ3) is 2.96. The highest BCUT2D eigenvalue weighted by Gasteiger charge is 2.15. The smallest absolute Gasteiger partial charge is 0.255 e. The molecule has 0 radical (unpaired) electrons. The molecule has 0 spiro atoms. The Morgan fingerprint density at radius 1 is 1.30 bits per heavy atom. The van der Waals surface area contributed by atoms with E-state index in [1.54, 1.807) is 4.90 Å². The van der Waals surface area contributed by atoms with Gasteiger partial charge in [-0.25, -0.2) is 0 Å². The molecule has 0 bridgehead atoms. The van der Waals surface area contributed by atoms with E-state index in [2.05, 4.69) is 16.4 Å². The van der Waals surface area contributed by atoms with E-state index < -0.39 is 0 Å². The molecule has 4 nitrogen and oxygen atoms in total. The van der Waals surface area contributed by atoms with Gasteiger partial charge < -0.3 is 10.2 Å². The average molecular weight is 271 g/mol. The van der Waals surface area contributed by atoms with Crippen molar-refractivity contribution in [2.24, 2.45) is 0 Å². The summed E-state index contributed by atoms with van der Waals surface area (Å²) in [6.45, 7) is 5.39. The average Bonchev–Trinajstić information content (AvgIpc) is 2.43. The zero-order chi connectivity index (χ0) is 14.7. The summed E-state index contributed by atoms with van der Waals surface area (Å²) < 4.78 is 0. The van der Waals surface area contributed by atoms with Gasteiger partial charge in [0.2, 0.25) is 0 Å². The van der Waals surface area contributed by atoms with Crippen LogP contribution in [0.3, 0.4) is 0 Å². The number of pyridine rings is 1. The highest BCUT2D eigenvalue weighted by Crippen LogP contribution is 2.19. The first-order chi connectivity index (χ1) is 9.52. The van der Waals surface area contributed by atoms with E-state index in [1.807, 2.05) is 46.1 Å². The second-order valence-electron chi connectivity index (χ2n) is 5.15. The number of rotatable bonds is 4. The van der Waals surface area contributed by atoms with Gasteiger partial charge in [-0.3, -0.25) is 9.78 Å². The fourth-order valence-corrected chi connectivity index (χ4v) is 2.20. The van der Waals surface area contributed by atoms with E-state index in [-0.39, 0.29) is 5.91 Å². The Bertz CT molecular complexity index is 637. The van der Waals surface area contributed by atoms with Crippen molar-refractivity contribution >= 4 is 16.8 Å². The maximum absolute atomic E-state index is 12.5. The number of aryl methyl sites for hydroxylation is 2. The maximum Gasteiger partial charge on any atom is 0.255 e. The predicted octanol–water partition coefficient (Wildman–Crippen LogP) is 2.14. The van der Waals surface area contributed by atoms with Crippen molar-refractivity contribution in [2.75, 3.05) is 27.2 Å². The zero-order valence-corrected chi connectivity index (χ0v) is 12.5. The Balaban J connectivity index is 2.38. The molecular weight excluding hydrogens is 250 g/mol. The van der Waals surface area contributed by atoms with Crippen LogP contribution in [-0.4, -0.2) is 43.0 Å². The summed E-state index contributed by atoms with van der Waals surface area (Å²) in [7, 11) is 3.70. The molecule has 4 heteroatoms. The number of benzene rings is 1. The van der Waals surface area contributed by atoms with Crippen LogP contribution in [0.2, 0.25) is 0 Å². The molecule has 2 aromatic rings. The van der Waals surface area contributed by atoms with Crippen molar-refractivity contribution in [1.82, 2.24) is 15.2 Å². The summed E-state index contributed by atoms with van der Waals surface area (Å²) in [6.07, 6.45) is 0. The van der Waals surface area contributed by atoms with E-state index >= 15 is 0 Å². The third-order valence-corrected chi connectivity index (χ3v) is 3.44. The molecule has 1 N–H and O–H groups in total. The van der Waals surface area contributed by atoms with Gasteiger partial charge in [0.25, 0.3) is 5.91 Å². The molecule has 0 fully saturated rings. The highest BCUT2D eigenvalue weighted by molar-refractivity contribution is 5.98. The second-order valence-corrected chi connectivity index (χ2v) is 5.15. The fourth-order valence-electron chi connectivity index (χ4n) is 2.20. The Kier molecular flexibility index (Phi) is 4.35. The van der Waals surface area contributed by atoms with Crippen molar-refractivity contribution in [3.63, 3.8) is 0 Å². The van der Waals surface area contributed by atoms with Gasteiger partial charge in [-0.2, -0.15) is 0 Å². The van der Waals surface area contributed by atoms with E-state index in [0.717, 1.165) is 23.1 Å². The lowest BCUT2D eigenvalue weighted by Crippen LogP contribution is -2.33. The van der Waals surface area contributed by atoms with Crippen LogP contribution in [0, 0.1) is 13.8 Å². The standard InChI is InChI=1S/C16H21N3O/c1-11-5-6-15-13(9-11)10-14(12(2)18-15)16(20)19(4)8-7-17-3/h5-6,9-10,17H,7-8H2,1-4H3. The monoisotopic (exact) mass is 271 g/mol. The molecule has 0 saturated heterocycles. The molecule has 0 aliphatic heterocycles. The first-order valence-corrected chi connectivity index (χ1v) is 6.81. The van der Waals surface area contributed by atoms with Crippen LogP contribution in [0.4, 0.5) is 0 Å². The predicted molar refractivity (Wildman–Crippen MR) is 82.1 cm³/mol. The molecule has 20 heavy (non-hydrogen) atoms. The Morgan fingerprint density at radius 3 is 2.75 bits per heavy atom. The largest absolute Gasteiger partial charge is 0.340 e. The molecule has 2 rings (SSSR count). The first kappa shape index (κ1) is 14.5. The number of likely N-dealkylation sites (N-methyl/N-ethyl adjacent to an activating group) is 2. The lowest BCUT2D eigenvalue weighted by atomic mass is 10.1. The summed E-state index contributed by atoms with van der Waals surface area (Å²) in [6, 6.07) is 8.04. The van der Waals surface area contributed by atoms with Crippen molar-refractivity contribution in [3.05, 3.63) is 41.1 Å². The van der Waals surface area contributed by atoms with Crippen LogP contribution in [0.5, 0.6) is 0 Å². The topological polar surface area (TPSA) is 45.2 Å². The molecule has 1 aromatic carbocycles. The van der Waals surface area contributed by atoms with Crippen LogP contribution in [-0.2, 0) is 0 Å². The molecular formula is C16H21N3O. The van der Waals surface area contributed by atoms with Gasteiger partial charge in [0.1, 0.15) is 0 Å². The fraction of sp³-hybridized carbons (Fsp3) is 0.375. The molecule has 1 aromatic heterocycles. The van der Waals surface area contributed by atoms with Crippen LogP contribution in [0.15, 0.2) is 24.3 Å². The summed E-state index contributed by atoms with van der Waals surface area (Å²) in [5.41, 5.74) is 3.57. The number of carbonyl (C=O) groups excluding carboxylic acids is 1. The van der Waals surface area contributed by atoms with Crippen molar-refractivity contribution < 1.29 is 4.79 Å². The number of fused-ring (bicyclic) bond motifs is 1. The Hall–Kier alpha value is -1.94. The lowest BCUT2D eigenvalue weighted by Gasteiger charge is -2.18. The molecule has 0 atom stereocenters. The minimum absolute atomic E-state index is 0.0219. The number of nitrogens with one attached hydrogen (secondary N) is 1. The minimum Gasteiger partial charge on any atom is -0.340 e. The van der Waals surface area contributed by atoms with Crippen LogP contribution in [0.1, 0.15) is 21.6 Å². The van der Waals surface area contributed by atoms with Crippen molar-refractivity contribution in [3.8, 4) is 0 Å². The minimum atomic E-state index is 0.0219. The number of amides is 1. The highest BCUT2D eigenvalue weighted by atomic mass is 16.2. The molecule has 0 aliphatic carbocycles. The number of aromatic nitrogens is 1.